The van der Waals surface area contributed by atoms with Crippen LogP contribution in [0.1, 0.15) is 0 Å². The fourth-order valence-corrected chi connectivity index (χ4v) is 4.06. The molecule has 3 aromatic carbocycles. The van der Waals surface area contributed by atoms with Crippen LogP contribution in [0.3, 0.4) is 0 Å². The minimum Gasteiger partial charge on any atom is -0.546 e. The lowest BCUT2D eigenvalue weighted by atomic mass is 9.86. The predicted octanol–water partition coefficient (Wildman–Crippen LogP) is 4.54. The first-order chi connectivity index (χ1) is 13.3. The molecular weight excluding hydrogens is 355 g/mol. The van der Waals surface area contributed by atoms with E-state index in [1.165, 1.54) is 4.90 Å². The van der Waals surface area contributed by atoms with Crippen molar-refractivity contribution < 1.29 is 9.39 Å². The minimum absolute atomic E-state index is 0.0543. The van der Waals surface area contributed by atoms with E-state index < -0.39 is 0 Å². The Hall–Kier alpha value is -3.12. The topological polar surface area (TPSA) is 36.3 Å². The first kappa shape index (κ1) is 16.1. The summed E-state index contributed by atoms with van der Waals surface area (Å²) < 4.78 is 14.0. The number of aromatic nitrogens is 2. The summed E-state index contributed by atoms with van der Waals surface area (Å²) in [5.74, 6) is 2.49. The molecule has 0 bridgehead atoms. The Morgan fingerprint density at radius 1 is 0.889 bits per heavy atom. The third-order valence-corrected chi connectivity index (χ3v) is 5.44. The maximum Gasteiger partial charge on any atom is 0.467 e. The van der Waals surface area contributed by atoms with Gasteiger partial charge in [0.25, 0.3) is 0 Å². The van der Waals surface area contributed by atoms with E-state index in [9.17, 15) is 0 Å². The van der Waals surface area contributed by atoms with E-state index in [4.69, 9.17) is 9.39 Å². The van der Waals surface area contributed by atoms with Crippen LogP contribution < -0.4 is 14.9 Å². The van der Waals surface area contributed by atoms with Gasteiger partial charge in [0.2, 0.25) is 0 Å². The molecule has 130 valence electrons. The molecule has 27 heavy (non-hydrogen) atoms. The zero-order chi connectivity index (χ0) is 18.1. The quantitative estimate of drug-likeness (QED) is 0.494. The Kier molecular flexibility index (Phi) is 4.11. The van der Waals surface area contributed by atoms with Crippen LogP contribution in [0.5, 0.6) is 17.2 Å². The van der Waals surface area contributed by atoms with Crippen molar-refractivity contribution in [1.29, 1.82) is 0 Å². The molecule has 2 heterocycles. The molecule has 0 N–H and O–H groups in total. The van der Waals surface area contributed by atoms with Crippen LogP contribution in [0.15, 0.2) is 96.2 Å². The Morgan fingerprint density at radius 3 is 2.59 bits per heavy atom. The number of benzene rings is 3. The van der Waals surface area contributed by atoms with Gasteiger partial charge in [-0.15, -0.1) is 11.6 Å². The second-order valence-corrected chi connectivity index (χ2v) is 7.24. The average Bonchev–Trinajstić information content (AvgIpc) is 3.38. The third kappa shape index (κ3) is 3.31. The van der Waals surface area contributed by atoms with E-state index in [1.54, 1.807) is 17.8 Å². The smallest absolute Gasteiger partial charge is 0.467 e. The van der Waals surface area contributed by atoms with Crippen molar-refractivity contribution in [2.24, 2.45) is 0 Å². The van der Waals surface area contributed by atoms with Crippen LogP contribution in [0.2, 0.25) is 0 Å². The van der Waals surface area contributed by atoms with E-state index in [0.717, 1.165) is 28.4 Å². The summed E-state index contributed by atoms with van der Waals surface area (Å²) in [5.41, 5.74) is 2.04. The lowest BCUT2D eigenvalue weighted by molar-refractivity contribution is 0.482. The molecule has 1 aliphatic rings. The fourth-order valence-electron chi connectivity index (χ4n) is 3.01. The third-order valence-electron chi connectivity index (χ3n) is 4.27. The van der Waals surface area contributed by atoms with Crippen molar-refractivity contribution in [1.82, 2.24) is 9.78 Å². The summed E-state index contributed by atoms with van der Waals surface area (Å²) >= 11 is 1.72. The molecule has 0 unspecified atom stereocenters. The molecule has 1 aromatic heterocycles. The Balaban J connectivity index is 1.37. The molecule has 4 nitrogen and oxygen atoms in total. The largest absolute Gasteiger partial charge is 0.546 e. The van der Waals surface area contributed by atoms with Crippen molar-refractivity contribution in [3.63, 3.8) is 0 Å². The zero-order valence-corrected chi connectivity index (χ0v) is 15.2. The van der Waals surface area contributed by atoms with Gasteiger partial charge in [-0.2, -0.15) is 5.10 Å². The summed E-state index contributed by atoms with van der Waals surface area (Å²) in [7, 11) is 0. The number of fused-ring (bicyclic) bond motifs is 1. The normalized spacial score (nSPS) is 12.5. The van der Waals surface area contributed by atoms with Crippen molar-refractivity contribution in [2.75, 3.05) is 0 Å². The van der Waals surface area contributed by atoms with Crippen LogP contribution in [-0.4, -0.2) is 16.0 Å². The maximum atomic E-state index is 6.09. The number of rotatable bonds is 4. The monoisotopic (exact) mass is 370 g/mol. The molecule has 0 atom stereocenters. The zero-order valence-electron chi connectivity index (χ0n) is 14.4. The minimum atomic E-state index is -0.0543. The van der Waals surface area contributed by atoms with Gasteiger partial charge in [0.05, 0.1) is 5.69 Å². The standard InChI is InChI=1S/C21H15BN2O2S/c1-2-11-21-20(10-1)26-22(27-21)16-6-3-8-18(14-16)25-19-9-4-7-17(15-19)24-13-5-12-23-24/h1-15H. The van der Waals surface area contributed by atoms with Crippen molar-refractivity contribution >= 4 is 23.3 Å². The van der Waals surface area contributed by atoms with Gasteiger partial charge in [0.1, 0.15) is 17.2 Å². The molecule has 0 spiro atoms. The van der Waals surface area contributed by atoms with Crippen LogP contribution >= 0.6 is 11.6 Å². The van der Waals surface area contributed by atoms with Gasteiger partial charge in [-0.25, -0.2) is 4.68 Å². The number of para-hydroxylation sites is 1. The van der Waals surface area contributed by atoms with E-state index in [0.29, 0.717) is 0 Å². The second kappa shape index (κ2) is 6.89. The molecule has 0 amide bonds. The highest BCUT2D eigenvalue weighted by Crippen LogP contribution is 2.38. The molecule has 4 aromatic rings. The fraction of sp³-hybridized carbons (Fsp3) is 0. The van der Waals surface area contributed by atoms with E-state index in [-0.39, 0.29) is 6.19 Å². The molecule has 0 saturated heterocycles. The summed E-state index contributed by atoms with van der Waals surface area (Å²) in [6, 6.07) is 25.9. The Bertz CT molecular complexity index is 1060. The molecule has 0 saturated carbocycles. The lowest BCUT2D eigenvalue weighted by Crippen LogP contribution is -2.30. The molecule has 6 heteroatoms. The first-order valence-electron chi connectivity index (χ1n) is 8.65. The Labute approximate surface area is 161 Å². The molecule has 0 radical (unpaired) electrons. The van der Waals surface area contributed by atoms with Gasteiger partial charge in [-0.05, 0) is 47.9 Å². The summed E-state index contributed by atoms with van der Waals surface area (Å²) in [5, 5.41) is 4.26. The highest BCUT2D eigenvalue weighted by molar-refractivity contribution is 8.26. The maximum absolute atomic E-state index is 6.09. The van der Waals surface area contributed by atoms with Crippen LogP contribution in [0, 0.1) is 0 Å². The van der Waals surface area contributed by atoms with Gasteiger partial charge < -0.3 is 9.39 Å². The lowest BCUT2D eigenvalue weighted by Gasteiger charge is -2.10. The van der Waals surface area contributed by atoms with Gasteiger partial charge in [-0.1, -0.05) is 30.3 Å². The molecule has 1 aliphatic heterocycles. The second-order valence-electron chi connectivity index (χ2n) is 6.14. The van der Waals surface area contributed by atoms with E-state index >= 15 is 0 Å². The van der Waals surface area contributed by atoms with Crippen LogP contribution in [0.4, 0.5) is 0 Å². The van der Waals surface area contributed by atoms with Gasteiger partial charge >= 0.3 is 6.19 Å². The first-order valence-corrected chi connectivity index (χ1v) is 9.53. The highest BCUT2D eigenvalue weighted by Gasteiger charge is 2.31. The number of nitrogens with zero attached hydrogens (tertiary/aromatic N) is 2. The van der Waals surface area contributed by atoms with Gasteiger partial charge in [0.15, 0.2) is 0 Å². The number of hydrogen-bond acceptors (Lipinski definition) is 4. The van der Waals surface area contributed by atoms with Crippen molar-refractivity contribution in [3.8, 4) is 22.9 Å². The molecular formula is C21H15BN2O2S. The van der Waals surface area contributed by atoms with Gasteiger partial charge in [0, 0.05) is 23.4 Å². The predicted molar refractivity (Wildman–Crippen MR) is 108 cm³/mol. The van der Waals surface area contributed by atoms with Crippen LogP contribution in [-0.2, 0) is 0 Å². The number of ether oxygens (including phenoxy) is 1. The summed E-state index contributed by atoms with van der Waals surface area (Å²) in [6.45, 7) is 0. The summed E-state index contributed by atoms with van der Waals surface area (Å²) in [6.07, 6.45) is 3.61. The molecule has 0 aliphatic carbocycles. The number of hydrogen-bond donors (Lipinski definition) is 0. The Morgan fingerprint density at radius 2 is 1.74 bits per heavy atom. The van der Waals surface area contributed by atoms with Crippen molar-refractivity contribution in [3.05, 3.63) is 91.3 Å². The van der Waals surface area contributed by atoms with E-state index in [2.05, 4.69) is 17.2 Å². The SMILES string of the molecule is c1cc(Oc2cccc(-n3cccn3)c2)cc(B2Oc3ccccc3S2)c1. The highest BCUT2D eigenvalue weighted by atomic mass is 32.2. The summed E-state index contributed by atoms with van der Waals surface area (Å²) in [4.78, 5) is 1.17. The molecule has 0 fully saturated rings. The van der Waals surface area contributed by atoms with E-state index in [1.807, 2.05) is 77.6 Å². The molecule has 5 rings (SSSR count). The average molecular weight is 370 g/mol. The van der Waals surface area contributed by atoms with Gasteiger partial charge in [-0.3, -0.25) is 0 Å². The van der Waals surface area contributed by atoms with Crippen LogP contribution in [0.25, 0.3) is 5.69 Å². The van der Waals surface area contributed by atoms with Crippen molar-refractivity contribution in [2.45, 2.75) is 4.90 Å².